The number of nitro groups is 1. The van der Waals surface area contributed by atoms with Gasteiger partial charge in [-0.1, -0.05) is 29.8 Å². The van der Waals surface area contributed by atoms with Crippen LogP contribution in [0.25, 0.3) is 6.08 Å². The fourth-order valence-corrected chi connectivity index (χ4v) is 3.07. The highest BCUT2D eigenvalue weighted by molar-refractivity contribution is 6.31. The number of Topliss-reactive ketones (excluding diaryl/α,β-unsaturated/α-hetero) is 1. The molecule has 0 amide bonds. The van der Waals surface area contributed by atoms with E-state index in [0.29, 0.717) is 27.6 Å². The highest BCUT2D eigenvalue weighted by atomic mass is 35.5. The third kappa shape index (κ3) is 3.97. The van der Waals surface area contributed by atoms with E-state index in [0.717, 1.165) is 5.56 Å². The highest BCUT2D eigenvalue weighted by Crippen LogP contribution is 2.35. The summed E-state index contributed by atoms with van der Waals surface area (Å²) in [5.41, 5.74) is 1.89. The summed E-state index contributed by atoms with van der Waals surface area (Å²) in [6, 6.07) is 18.3. The van der Waals surface area contributed by atoms with Crippen molar-refractivity contribution in [3.05, 3.63) is 104 Å². The lowest BCUT2D eigenvalue weighted by atomic mass is 10.1. The second-order valence-electron chi connectivity index (χ2n) is 6.33. The molecule has 1 aliphatic rings. The van der Waals surface area contributed by atoms with Crippen molar-refractivity contribution in [3.63, 3.8) is 0 Å². The molecule has 7 heteroatoms. The van der Waals surface area contributed by atoms with E-state index in [4.69, 9.17) is 21.1 Å². The molecule has 0 saturated carbocycles. The first-order valence-electron chi connectivity index (χ1n) is 8.70. The number of hydrogen-bond donors (Lipinski definition) is 0. The lowest BCUT2D eigenvalue weighted by Crippen LogP contribution is -1.98. The lowest BCUT2D eigenvalue weighted by Gasteiger charge is -2.08. The second kappa shape index (κ2) is 7.77. The van der Waals surface area contributed by atoms with E-state index in [-0.39, 0.29) is 23.8 Å². The Labute approximate surface area is 171 Å². The smallest absolute Gasteiger partial charge is 0.269 e. The monoisotopic (exact) mass is 407 g/mol. The summed E-state index contributed by atoms with van der Waals surface area (Å²) in [5, 5.41) is 11.4. The van der Waals surface area contributed by atoms with Gasteiger partial charge in [0, 0.05) is 28.8 Å². The molecule has 6 nitrogen and oxygen atoms in total. The molecule has 1 aliphatic heterocycles. The van der Waals surface area contributed by atoms with Gasteiger partial charge in [-0.25, -0.2) is 0 Å². The van der Waals surface area contributed by atoms with Crippen molar-refractivity contribution in [2.45, 2.75) is 6.61 Å². The molecule has 3 aromatic carbocycles. The molecule has 0 aromatic heterocycles. The first-order valence-corrected chi connectivity index (χ1v) is 9.08. The van der Waals surface area contributed by atoms with Gasteiger partial charge in [-0.2, -0.15) is 0 Å². The molecule has 0 N–H and O–H groups in total. The molecule has 0 unspecified atom stereocenters. The summed E-state index contributed by atoms with van der Waals surface area (Å²) >= 11 is 6.13. The number of fused-ring (bicyclic) bond motifs is 1. The Bertz CT molecular complexity index is 1140. The number of benzene rings is 3. The number of hydrogen-bond acceptors (Lipinski definition) is 5. The molecular weight excluding hydrogens is 394 g/mol. The number of carbonyl (C=O) groups is 1. The Hall–Kier alpha value is -3.64. The summed E-state index contributed by atoms with van der Waals surface area (Å²) in [5.74, 6) is 0.848. The fraction of sp³-hybridized carbons (Fsp3) is 0.0455. The van der Waals surface area contributed by atoms with Crippen LogP contribution in [0.5, 0.6) is 11.5 Å². The lowest BCUT2D eigenvalue weighted by molar-refractivity contribution is -0.384. The number of non-ortho nitro benzene ring substituents is 1. The quantitative estimate of drug-likeness (QED) is 0.319. The first kappa shape index (κ1) is 18.7. The van der Waals surface area contributed by atoms with Crippen molar-refractivity contribution < 1.29 is 19.2 Å². The summed E-state index contributed by atoms with van der Waals surface area (Å²) < 4.78 is 11.5. The third-order valence-electron chi connectivity index (χ3n) is 4.40. The largest absolute Gasteiger partial charge is 0.489 e. The Kier molecular flexibility index (Phi) is 5.01. The minimum atomic E-state index is -0.478. The van der Waals surface area contributed by atoms with E-state index < -0.39 is 4.92 Å². The van der Waals surface area contributed by atoms with Crippen molar-refractivity contribution in [1.29, 1.82) is 0 Å². The van der Waals surface area contributed by atoms with Crippen LogP contribution in [0.3, 0.4) is 0 Å². The van der Waals surface area contributed by atoms with Gasteiger partial charge in [0.05, 0.1) is 10.5 Å². The minimum Gasteiger partial charge on any atom is -0.489 e. The number of allylic oxidation sites excluding steroid dienone is 1. The molecule has 0 aliphatic carbocycles. The Morgan fingerprint density at radius 2 is 1.83 bits per heavy atom. The molecule has 0 radical (unpaired) electrons. The van der Waals surface area contributed by atoms with Gasteiger partial charge in [0.1, 0.15) is 18.1 Å². The molecule has 29 heavy (non-hydrogen) atoms. The van der Waals surface area contributed by atoms with E-state index in [2.05, 4.69) is 0 Å². The van der Waals surface area contributed by atoms with Gasteiger partial charge < -0.3 is 9.47 Å². The van der Waals surface area contributed by atoms with Gasteiger partial charge in [0.2, 0.25) is 5.78 Å². The molecule has 0 spiro atoms. The first-order chi connectivity index (χ1) is 14.0. The predicted octanol–water partition coefficient (Wildman–Crippen LogP) is 5.44. The topological polar surface area (TPSA) is 78.7 Å². The maximum absolute atomic E-state index is 12.6. The number of rotatable bonds is 5. The molecule has 0 bridgehead atoms. The van der Waals surface area contributed by atoms with Crippen LogP contribution in [0, 0.1) is 10.1 Å². The van der Waals surface area contributed by atoms with Gasteiger partial charge in [0.25, 0.3) is 5.69 Å². The van der Waals surface area contributed by atoms with Crippen LogP contribution < -0.4 is 9.47 Å². The molecule has 3 aromatic rings. The number of nitrogens with zero attached hydrogens (tertiary/aromatic N) is 1. The van der Waals surface area contributed by atoms with E-state index >= 15 is 0 Å². The molecule has 0 fully saturated rings. The van der Waals surface area contributed by atoms with E-state index in [1.54, 1.807) is 42.5 Å². The molecule has 144 valence electrons. The van der Waals surface area contributed by atoms with Crippen LogP contribution in [0.4, 0.5) is 5.69 Å². The van der Waals surface area contributed by atoms with Gasteiger partial charge >= 0.3 is 0 Å². The zero-order chi connectivity index (χ0) is 20.4. The van der Waals surface area contributed by atoms with Crippen LogP contribution >= 0.6 is 11.6 Å². The highest BCUT2D eigenvalue weighted by Gasteiger charge is 2.27. The van der Waals surface area contributed by atoms with Crippen LogP contribution in [-0.4, -0.2) is 10.7 Å². The molecule has 4 rings (SSSR count). The molecule has 1 heterocycles. The van der Waals surface area contributed by atoms with Crippen molar-refractivity contribution >= 4 is 29.1 Å². The Morgan fingerprint density at radius 1 is 1.07 bits per heavy atom. The second-order valence-corrected chi connectivity index (χ2v) is 6.73. The molecular formula is C22H14ClNO5. The standard InChI is InChI=1S/C22H14ClNO5/c23-19-4-2-1-3-15(19)13-28-17-9-10-18-20(12-17)29-21(22(18)25)11-14-5-7-16(8-6-14)24(26)27/h1-12H,13H2/b21-11-. The average molecular weight is 408 g/mol. The summed E-state index contributed by atoms with van der Waals surface area (Å²) in [7, 11) is 0. The Balaban J connectivity index is 1.51. The van der Waals surface area contributed by atoms with Crippen LogP contribution in [0.1, 0.15) is 21.5 Å². The molecule has 0 saturated heterocycles. The third-order valence-corrected chi connectivity index (χ3v) is 4.76. The predicted molar refractivity (Wildman–Crippen MR) is 108 cm³/mol. The fourth-order valence-electron chi connectivity index (χ4n) is 2.88. The van der Waals surface area contributed by atoms with Gasteiger partial charge in [-0.3, -0.25) is 14.9 Å². The normalized spacial score (nSPS) is 13.8. The summed E-state index contributed by atoms with van der Waals surface area (Å²) in [6.07, 6.45) is 1.55. The van der Waals surface area contributed by atoms with Gasteiger partial charge in [-0.05, 0) is 42.0 Å². The Morgan fingerprint density at radius 3 is 2.55 bits per heavy atom. The van der Waals surface area contributed by atoms with E-state index in [1.165, 1.54) is 12.1 Å². The van der Waals surface area contributed by atoms with Crippen LogP contribution in [0.15, 0.2) is 72.5 Å². The molecule has 0 atom stereocenters. The maximum Gasteiger partial charge on any atom is 0.269 e. The number of nitro benzene ring substituents is 1. The van der Waals surface area contributed by atoms with E-state index in [9.17, 15) is 14.9 Å². The van der Waals surface area contributed by atoms with Gasteiger partial charge in [-0.15, -0.1) is 0 Å². The van der Waals surface area contributed by atoms with Gasteiger partial charge in [0.15, 0.2) is 5.76 Å². The summed E-state index contributed by atoms with van der Waals surface area (Å²) in [4.78, 5) is 22.8. The number of ketones is 1. The zero-order valence-corrected chi connectivity index (χ0v) is 15.8. The van der Waals surface area contributed by atoms with Crippen LogP contribution in [-0.2, 0) is 6.61 Å². The van der Waals surface area contributed by atoms with Crippen molar-refractivity contribution in [3.8, 4) is 11.5 Å². The average Bonchev–Trinajstić information content (AvgIpc) is 3.02. The number of halogens is 1. The van der Waals surface area contributed by atoms with Crippen molar-refractivity contribution in [2.75, 3.05) is 0 Å². The number of carbonyl (C=O) groups excluding carboxylic acids is 1. The van der Waals surface area contributed by atoms with E-state index in [1.807, 2.05) is 18.2 Å². The van der Waals surface area contributed by atoms with Crippen molar-refractivity contribution in [1.82, 2.24) is 0 Å². The minimum absolute atomic E-state index is 0.0191. The maximum atomic E-state index is 12.6. The van der Waals surface area contributed by atoms with Crippen LogP contribution in [0.2, 0.25) is 5.02 Å². The van der Waals surface area contributed by atoms with Crippen molar-refractivity contribution in [2.24, 2.45) is 0 Å². The SMILES string of the molecule is O=C1/C(=C/c2ccc([N+](=O)[O-])cc2)Oc2cc(OCc3ccccc3Cl)ccc21. The number of ether oxygens (including phenoxy) is 2. The summed E-state index contributed by atoms with van der Waals surface area (Å²) in [6.45, 7) is 0.290. The zero-order valence-electron chi connectivity index (χ0n) is 15.0.